The number of hydrogen-bond donors (Lipinski definition) is 1. The molecule has 2 aromatic carbocycles. The Balaban J connectivity index is 1.85. The summed E-state index contributed by atoms with van der Waals surface area (Å²) in [4.78, 5) is 16.1. The number of amides is 1. The largest absolute Gasteiger partial charge is 0.457 e. The third-order valence-corrected chi connectivity index (χ3v) is 3.79. The van der Waals surface area contributed by atoms with E-state index < -0.39 is 0 Å². The Morgan fingerprint density at radius 1 is 1.15 bits per heavy atom. The van der Waals surface area contributed by atoms with Crippen molar-refractivity contribution in [3.05, 3.63) is 60.7 Å². The van der Waals surface area contributed by atoms with Gasteiger partial charge in [0.1, 0.15) is 17.3 Å². The number of nitrogens with one attached hydrogen (secondary N) is 1. The fourth-order valence-electron chi connectivity index (χ4n) is 2.53. The average Bonchev–Trinajstić information content (AvgIpc) is 2.66. The molecule has 3 aromatic rings. The zero-order valence-electron chi connectivity index (χ0n) is 13.9. The van der Waals surface area contributed by atoms with Gasteiger partial charge in [-0.1, -0.05) is 0 Å². The number of unbranched alkanes of at least 4 members (excludes halogenated alkanes) is 1. The Kier molecular flexibility index (Phi) is 5.40. The van der Waals surface area contributed by atoms with Gasteiger partial charge in [0.05, 0.1) is 11.8 Å². The van der Waals surface area contributed by atoms with E-state index in [2.05, 4.69) is 10.3 Å². The number of anilines is 1. The van der Waals surface area contributed by atoms with E-state index in [1.807, 2.05) is 6.07 Å². The highest BCUT2D eigenvalue weighted by molar-refractivity contribution is 6.03. The minimum Gasteiger partial charge on any atom is -0.457 e. The minimum atomic E-state index is -0.333. The first kappa shape index (κ1) is 17.4. The van der Waals surface area contributed by atoms with Gasteiger partial charge < -0.3 is 10.1 Å². The zero-order chi connectivity index (χ0) is 18.4. The number of carbonyl (C=O) groups excluding carboxylic acids is 1. The van der Waals surface area contributed by atoms with Crippen LogP contribution in [0.1, 0.15) is 19.3 Å². The fraction of sp³-hybridized carbons (Fsp3) is 0.150. The van der Waals surface area contributed by atoms with Gasteiger partial charge in [-0.2, -0.15) is 5.26 Å². The molecular weight excluding hydrogens is 333 g/mol. The Bertz CT molecular complexity index is 965. The van der Waals surface area contributed by atoms with E-state index in [4.69, 9.17) is 10.00 Å². The molecule has 3 rings (SSSR count). The molecule has 0 atom stereocenters. The predicted octanol–water partition coefficient (Wildman–Crippen LogP) is 4.80. The first-order chi connectivity index (χ1) is 12.7. The molecule has 6 heteroatoms. The van der Waals surface area contributed by atoms with Crippen LogP contribution in [0.5, 0.6) is 11.5 Å². The summed E-state index contributed by atoms with van der Waals surface area (Å²) in [5, 5.41) is 12.9. The molecule has 0 saturated heterocycles. The fourth-order valence-corrected chi connectivity index (χ4v) is 2.53. The van der Waals surface area contributed by atoms with Crippen molar-refractivity contribution in [3.63, 3.8) is 0 Å². The summed E-state index contributed by atoms with van der Waals surface area (Å²) in [5.41, 5.74) is 0.626. The van der Waals surface area contributed by atoms with Crippen molar-refractivity contribution in [2.24, 2.45) is 0 Å². The number of rotatable bonds is 6. The number of nitrogens with zero attached hydrogens (tertiary/aromatic N) is 2. The third kappa shape index (κ3) is 4.14. The van der Waals surface area contributed by atoms with Crippen molar-refractivity contribution in [2.75, 3.05) is 5.32 Å². The lowest BCUT2D eigenvalue weighted by Crippen LogP contribution is -2.11. The van der Waals surface area contributed by atoms with Gasteiger partial charge in [0.2, 0.25) is 5.91 Å². The smallest absolute Gasteiger partial charge is 0.224 e. The summed E-state index contributed by atoms with van der Waals surface area (Å²) in [6.45, 7) is 0. The van der Waals surface area contributed by atoms with Crippen LogP contribution in [0.4, 0.5) is 10.1 Å². The molecule has 0 saturated carbocycles. The number of pyridine rings is 1. The Morgan fingerprint density at radius 3 is 2.73 bits per heavy atom. The summed E-state index contributed by atoms with van der Waals surface area (Å²) in [6, 6.07) is 13.1. The van der Waals surface area contributed by atoms with Crippen LogP contribution in [0.2, 0.25) is 0 Å². The van der Waals surface area contributed by atoms with Gasteiger partial charge in [0.15, 0.2) is 0 Å². The molecule has 1 N–H and O–H groups in total. The van der Waals surface area contributed by atoms with Crippen molar-refractivity contribution < 1.29 is 13.9 Å². The molecule has 1 amide bonds. The molecule has 0 aliphatic heterocycles. The summed E-state index contributed by atoms with van der Waals surface area (Å²) < 4.78 is 18.9. The molecule has 0 radical (unpaired) electrons. The molecule has 0 aliphatic rings. The average molecular weight is 349 g/mol. The highest BCUT2D eigenvalue weighted by Crippen LogP contribution is 2.34. The summed E-state index contributed by atoms with van der Waals surface area (Å²) in [5.74, 6) is 0.604. The van der Waals surface area contributed by atoms with Crippen LogP contribution in [0, 0.1) is 17.1 Å². The standard InChI is InChI=1S/C20H16FN3O2/c21-14-4-6-15(7-5-14)26-19-9-8-18(17-13-23-12-10-16(17)19)24-20(25)3-1-2-11-22/h4-10,12-13H,1-3H2,(H,24,25). The Morgan fingerprint density at radius 2 is 1.96 bits per heavy atom. The van der Waals surface area contributed by atoms with Crippen molar-refractivity contribution in [1.29, 1.82) is 5.26 Å². The predicted molar refractivity (Wildman–Crippen MR) is 96.3 cm³/mol. The first-order valence-corrected chi connectivity index (χ1v) is 8.14. The number of benzene rings is 2. The number of nitriles is 1. The Hall–Kier alpha value is -3.46. The molecule has 5 nitrogen and oxygen atoms in total. The number of carbonyl (C=O) groups is 1. The van der Waals surface area contributed by atoms with E-state index in [1.165, 1.54) is 12.1 Å². The Labute approximate surface area is 150 Å². The number of halogens is 1. The van der Waals surface area contributed by atoms with Crippen LogP contribution in [0.25, 0.3) is 10.8 Å². The van der Waals surface area contributed by atoms with Crippen LogP contribution < -0.4 is 10.1 Å². The molecule has 0 bridgehead atoms. The van der Waals surface area contributed by atoms with Crippen LogP contribution in [0.3, 0.4) is 0 Å². The zero-order valence-corrected chi connectivity index (χ0v) is 13.9. The third-order valence-electron chi connectivity index (χ3n) is 3.79. The lowest BCUT2D eigenvalue weighted by molar-refractivity contribution is -0.116. The van der Waals surface area contributed by atoms with Crippen LogP contribution in [-0.4, -0.2) is 10.9 Å². The number of fused-ring (bicyclic) bond motifs is 1. The lowest BCUT2D eigenvalue weighted by atomic mass is 10.1. The maximum Gasteiger partial charge on any atom is 0.224 e. The summed E-state index contributed by atoms with van der Waals surface area (Å²) >= 11 is 0. The molecule has 130 valence electrons. The molecule has 0 aliphatic carbocycles. The van der Waals surface area contributed by atoms with Gasteiger partial charge in [0.25, 0.3) is 0 Å². The maximum absolute atomic E-state index is 13.0. The van der Waals surface area contributed by atoms with Crippen molar-refractivity contribution in [1.82, 2.24) is 4.98 Å². The van der Waals surface area contributed by atoms with Crippen molar-refractivity contribution in [3.8, 4) is 17.6 Å². The highest BCUT2D eigenvalue weighted by Gasteiger charge is 2.10. The van der Waals surface area contributed by atoms with Gasteiger partial charge in [-0.05, 0) is 48.9 Å². The first-order valence-electron chi connectivity index (χ1n) is 8.14. The van der Waals surface area contributed by atoms with E-state index >= 15 is 0 Å². The van der Waals surface area contributed by atoms with Gasteiger partial charge in [-0.25, -0.2) is 4.39 Å². The molecular formula is C20H16FN3O2. The second kappa shape index (κ2) is 8.08. The minimum absolute atomic E-state index is 0.155. The van der Waals surface area contributed by atoms with E-state index in [9.17, 15) is 9.18 Å². The normalized spacial score (nSPS) is 10.3. The quantitative estimate of drug-likeness (QED) is 0.649. The molecule has 1 heterocycles. The molecule has 0 fully saturated rings. The van der Waals surface area contributed by atoms with Gasteiger partial charge in [0, 0.05) is 36.0 Å². The van der Waals surface area contributed by atoms with Gasteiger partial charge >= 0.3 is 0 Å². The van der Waals surface area contributed by atoms with Crippen LogP contribution >= 0.6 is 0 Å². The monoisotopic (exact) mass is 349 g/mol. The second-order valence-electron chi connectivity index (χ2n) is 5.65. The molecule has 1 aromatic heterocycles. The SMILES string of the molecule is N#CCCCC(=O)Nc1ccc(Oc2ccc(F)cc2)c2ccncc12. The molecule has 0 spiro atoms. The van der Waals surface area contributed by atoms with Crippen molar-refractivity contribution in [2.45, 2.75) is 19.3 Å². The van der Waals surface area contributed by atoms with Crippen LogP contribution in [0.15, 0.2) is 54.9 Å². The topological polar surface area (TPSA) is 75.0 Å². The van der Waals surface area contributed by atoms with Crippen molar-refractivity contribution >= 4 is 22.4 Å². The number of hydrogen-bond acceptors (Lipinski definition) is 4. The van der Waals surface area contributed by atoms with E-state index in [0.717, 1.165) is 10.8 Å². The second-order valence-corrected chi connectivity index (χ2v) is 5.65. The van der Waals surface area contributed by atoms with Gasteiger partial charge in [-0.15, -0.1) is 0 Å². The summed E-state index contributed by atoms with van der Waals surface area (Å²) in [6.07, 6.45) is 4.43. The molecule has 0 unspecified atom stereocenters. The lowest BCUT2D eigenvalue weighted by Gasteiger charge is -2.13. The van der Waals surface area contributed by atoms with E-state index in [1.54, 1.807) is 42.7 Å². The maximum atomic E-state index is 13.0. The number of aromatic nitrogens is 1. The number of ether oxygens (including phenoxy) is 1. The van der Waals surface area contributed by atoms with Crippen LogP contribution in [-0.2, 0) is 4.79 Å². The highest BCUT2D eigenvalue weighted by atomic mass is 19.1. The van der Waals surface area contributed by atoms with E-state index in [0.29, 0.717) is 30.0 Å². The van der Waals surface area contributed by atoms with E-state index in [-0.39, 0.29) is 18.1 Å². The molecule has 26 heavy (non-hydrogen) atoms. The van der Waals surface area contributed by atoms with Gasteiger partial charge in [-0.3, -0.25) is 9.78 Å². The summed E-state index contributed by atoms with van der Waals surface area (Å²) in [7, 11) is 0.